The molecule has 6 heteroatoms. The quantitative estimate of drug-likeness (QED) is 0.534. The van der Waals surface area contributed by atoms with Crippen molar-refractivity contribution in [2.24, 2.45) is 0 Å². The fraction of sp³-hybridized carbons (Fsp3) is 0.500. The van der Waals surface area contributed by atoms with Crippen molar-refractivity contribution in [3.05, 3.63) is 23.5 Å². The third-order valence-corrected chi connectivity index (χ3v) is 2.17. The first-order chi connectivity index (χ1) is 8.69. The highest BCUT2D eigenvalue weighted by Gasteiger charge is 2.17. The smallest absolute Gasteiger partial charge is 0.341 e. The zero-order chi connectivity index (χ0) is 13.4. The van der Waals surface area contributed by atoms with Crippen LogP contribution in [0.2, 0.25) is 0 Å². The first kappa shape index (κ1) is 14.1. The van der Waals surface area contributed by atoms with Crippen molar-refractivity contribution in [1.29, 1.82) is 0 Å². The minimum atomic E-state index is -0.488. The SMILES string of the molecule is CCOC(=O)/C=C/C(C(=O)OCC)=C1NCCN1. The van der Waals surface area contributed by atoms with E-state index in [1.165, 1.54) is 12.2 Å². The lowest BCUT2D eigenvalue weighted by atomic mass is 10.2. The van der Waals surface area contributed by atoms with E-state index >= 15 is 0 Å². The molecule has 6 nitrogen and oxygen atoms in total. The van der Waals surface area contributed by atoms with Crippen molar-refractivity contribution >= 4 is 11.9 Å². The van der Waals surface area contributed by atoms with Crippen LogP contribution in [0.3, 0.4) is 0 Å². The molecule has 1 rings (SSSR count). The molecule has 1 aliphatic heterocycles. The molecule has 0 spiro atoms. The number of nitrogens with one attached hydrogen (secondary N) is 2. The second-order valence-corrected chi connectivity index (χ2v) is 3.45. The first-order valence-electron chi connectivity index (χ1n) is 5.93. The molecule has 1 heterocycles. The second kappa shape index (κ2) is 7.37. The molecule has 0 amide bonds. The molecule has 0 saturated carbocycles. The van der Waals surface area contributed by atoms with Gasteiger partial charge in [0.05, 0.1) is 18.8 Å². The Morgan fingerprint density at radius 1 is 1.11 bits per heavy atom. The Morgan fingerprint density at radius 3 is 2.28 bits per heavy atom. The van der Waals surface area contributed by atoms with Gasteiger partial charge in [-0.15, -0.1) is 0 Å². The van der Waals surface area contributed by atoms with Crippen molar-refractivity contribution in [2.45, 2.75) is 13.8 Å². The fourth-order valence-corrected chi connectivity index (χ4v) is 1.43. The van der Waals surface area contributed by atoms with Gasteiger partial charge >= 0.3 is 11.9 Å². The molecule has 1 fully saturated rings. The van der Waals surface area contributed by atoms with E-state index in [0.29, 0.717) is 18.0 Å². The first-order valence-corrected chi connectivity index (χ1v) is 5.93. The molecule has 2 N–H and O–H groups in total. The number of hydrogen-bond donors (Lipinski definition) is 2. The predicted octanol–water partition coefficient (Wildman–Crippen LogP) is 0.0732. The van der Waals surface area contributed by atoms with E-state index in [4.69, 9.17) is 9.47 Å². The van der Waals surface area contributed by atoms with Crippen LogP contribution in [0.4, 0.5) is 0 Å². The van der Waals surface area contributed by atoms with Crippen molar-refractivity contribution in [1.82, 2.24) is 10.6 Å². The molecule has 0 radical (unpaired) electrons. The summed E-state index contributed by atoms with van der Waals surface area (Å²) in [5.41, 5.74) is 0.294. The van der Waals surface area contributed by atoms with Crippen LogP contribution in [0.25, 0.3) is 0 Å². The molecular weight excluding hydrogens is 236 g/mol. The highest BCUT2D eigenvalue weighted by molar-refractivity contribution is 5.94. The van der Waals surface area contributed by atoms with Gasteiger partial charge in [0.15, 0.2) is 0 Å². The van der Waals surface area contributed by atoms with Gasteiger partial charge in [0, 0.05) is 19.2 Å². The topological polar surface area (TPSA) is 76.7 Å². The molecule has 0 atom stereocenters. The molecule has 1 aliphatic rings. The standard InChI is InChI=1S/C12H18N2O4/c1-3-17-10(15)6-5-9(12(16)18-4-2)11-13-7-8-14-11/h5-6,13-14H,3-4,7-8H2,1-2H3/b6-5+. The molecule has 0 aliphatic carbocycles. The van der Waals surface area contributed by atoms with E-state index in [1.807, 2.05) is 0 Å². The van der Waals surface area contributed by atoms with Gasteiger partial charge in [-0.1, -0.05) is 0 Å². The van der Waals surface area contributed by atoms with E-state index < -0.39 is 11.9 Å². The average molecular weight is 254 g/mol. The van der Waals surface area contributed by atoms with Crippen molar-refractivity contribution in [3.63, 3.8) is 0 Å². The molecule has 18 heavy (non-hydrogen) atoms. The van der Waals surface area contributed by atoms with Crippen LogP contribution in [0.1, 0.15) is 13.8 Å². The van der Waals surface area contributed by atoms with E-state index in [0.717, 1.165) is 13.1 Å². The average Bonchev–Trinajstić information content (AvgIpc) is 2.83. The maximum Gasteiger partial charge on any atom is 0.341 e. The highest BCUT2D eigenvalue weighted by atomic mass is 16.5. The Hall–Kier alpha value is -1.98. The minimum Gasteiger partial charge on any atom is -0.463 e. The van der Waals surface area contributed by atoms with Gasteiger partial charge in [0.1, 0.15) is 5.82 Å². The molecule has 0 unspecified atom stereocenters. The van der Waals surface area contributed by atoms with Gasteiger partial charge in [0.2, 0.25) is 0 Å². The van der Waals surface area contributed by atoms with Crippen LogP contribution < -0.4 is 10.6 Å². The summed E-state index contributed by atoms with van der Waals surface area (Å²) >= 11 is 0. The lowest BCUT2D eigenvalue weighted by Crippen LogP contribution is -2.19. The van der Waals surface area contributed by atoms with Crippen LogP contribution in [0, 0.1) is 0 Å². The maximum absolute atomic E-state index is 11.7. The maximum atomic E-state index is 11.7. The summed E-state index contributed by atoms with van der Waals surface area (Å²) in [7, 11) is 0. The number of ether oxygens (including phenoxy) is 2. The molecular formula is C12H18N2O4. The Morgan fingerprint density at radius 2 is 1.72 bits per heavy atom. The number of carbonyl (C=O) groups excluding carboxylic acids is 2. The van der Waals surface area contributed by atoms with Crippen molar-refractivity contribution in [2.75, 3.05) is 26.3 Å². The Kier molecular flexibility index (Phi) is 5.76. The summed E-state index contributed by atoms with van der Waals surface area (Å²) in [4.78, 5) is 23.0. The molecule has 0 aromatic heterocycles. The molecule has 0 aromatic rings. The summed E-state index contributed by atoms with van der Waals surface area (Å²) in [5, 5.41) is 6.03. The van der Waals surface area contributed by atoms with Crippen LogP contribution >= 0.6 is 0 Å². The normalized spacial score (nSPS) is 14.0. The van der Waals surface area contributed by atoms with Crippen LogP contribution in [0.15, 0.2) is 23.5 Å². The van der Waals surface area contributed by atoms with Gasteiger partial charge in [-0.3, -0.25) is 0 Å². The van der Waals surface area contributed by atoms with E-state index in [9.17, 15) is 9.59 Å². The van der Waals surface area contributed by atoms with E-state index in [1.54, 1.807) is 13.8 Å². The summed E-state index contributed by atoms with van der Waals surface area (Å²) in [6.45, 7) is 5.48. The second-order valence-electron chi connectivity index (χ2n) is 3.45. The lowest BCUT2D eigenvalue weighted by molar-refractivity contribution is -0.138. The third-order valence-electron chi connectivity index (χ3n) is 2.17. The summed E-state index contributed by atoms with van der Waals surface area (Å²) in [6, 6.07) is 0. The monoisotopic (exact) mass is 254 g/mol. The predicted molar refractivity (Wildman–Crippen MR) is 65.4 cm³/mol. The van der Waals surface area contributed by atoms with Gasteiger partial charge < -0.3 is 20.1 Å². The van der Waals surface area contributed by atoms with Crippen molar-refractivity contribution in [3.8, 4) is 0 Å². The number of carbonyl (C=O) groups is 2. The zero-order valence-electron chi connectivity index (χ0n) is 10.6. The summed E-state index contributed by atoms with van der Waals surface area (Å²) in [6.07, 6.45) is 2.61. The lowest BCUT2D eigenvalue weighted by Gasteiger charge is -2.07. The summed E-state index contributed by atoms with van der Waals surface area (Å²) in [5.74, 6) is -0.387. The van der Waals surface area contributed by atoms with Gasteiger partial charge in [-0.05, 0) is 19.9 Å². The van der Waals surface area contributed by atoms with Gasteiger partial charge in [0.25, 0.3) is 0 Å². The summed E-state index contributed by atoms with van der Waals surface area (Å²) < 4.78 is 9.68. The van der Waals surface area contributed by atoms with Crippen LogP contribution in [-0.2, 0) is 19.1 Å². The van der Waals surface area contributed by atoms with Gasteiger partial charge in [-0.2, -0.15) is 0 Å². The Labute approximate surface area is 106 Å². The largest absolute Gasteiger partial charge is 0.463 e. The molecule has 0 aromatic carbocycles. The van der Waals surface area contributed by atoms with E-state index in [2.05, 4.69) is 10.6 Å². The highest BCUT2D eigenvalue weighted by Crippen LogP contribution is 2.07. The van der Waals surface area contributed by atoms with Crippen LogP contribution in [0.5, 0.6) is 0 Å². The molecule has 0 bridgehead atoms. The zero-order valence-corrected chi connectivity index (χ0v) is 10.6. The fourth-order valence-electron chi connectivity index (χ4n) is 1.43. The minimum absolute atomic E-state index is 0.281. The van der Waals surface area contributed by atoms with Gasteiger partial charge in [-0.25, -0.2) is 9.59 Å². The van der Waals surface area contributed by atoms with E-state index in [-0.39, 0.29) is 6.61 Å². The molecule has 100 valence electrons. The third kappa shape index (κ3) is 4.12. The van der Waals surface area contributed by atoms with Crippen molar-refractivity contribution < 1.29 is 19.1 Å². The number of hydrogen-bond acceptors (Lipinski definition) is 6. The number of rotatable bonds is 5. The Bertz CT molecular complexity index is 366. The number of esters is 2. The molecule has 1 saturated heterocycles. The Balaban J connectivity index is 2.81. The van der Waals surface area contributed by atoms with Crippen LogP contribution in [-0.4, -0.2) is 38.2 Å².